The van der Waals surface area contributed by atoms with E-state index >= 15 is 0 Å². The van der Waals surface area contributed by atoms with Gasteiger partial charge in [0.1, 0.15) is 11.6 Å². The number of amides is 1. The van der Waals surface area contributed by atoms with Gasteiger partial charge < -0.3 is 16.0 Å². The Morgan fingerprint density at radius 3 is 2.80 bits per heavy atom. The van der Waals surface area contributed by atoms with Crippen LogP contribution in [0.5, 0.6) is 0 Å². The zero-order chi connectivity index (χ0) is 17.7. The number of aliphatic imine (C=N–C) groups is 1. The molecule has 0 spiro atoms. The molecule has 0 saturated heterocycles. The molecular weight excluding hydrogens is 433 g/mol. The molecule has 3 N–H and O–H groups in total. The Hall–Kier alpha value is -1.39. The molecule has 1 atom stereocenters. The molecule has 1 aromatic heterocycles. The largest absolute Gasteiger partial charge is 0.359 e. The molecule has 1 amide bonds. The second-order valence-corrected chi connectivity index (χ2v) is 6.80. The van der Waals surface area contributed by atoms with Crippen LogP contribution in [0.25, 0.3) is 0 Å². The molecule has 0 aromatic carbocycles. The van der Waals surface area contributed by atoms with Gasteiger partial charge in [-0.05, 0) is 34.1 Å². The lowest BCUT2D eigenvalue weighted by atomic mass is 9.93. The lowest BCUT2D eigenvalue weighted by Gasteiger charge is -2.26. The lowest BCUT2D eigenvalue weighted by Crippen LogP contribution is -2.48. The van der Waals surface area contributed by atoms with E-state index < -0.39 is 5.41 Å². The summed E-state index contributed by atoms with van der Waals surface area (Å²) in [6, 6.07) is 0.250. The Labute approximate surface area is 166 Å². The molecular formula is C16H30IN7O. The zero-order valence-corrected chi connectivity index (χ0v) is 18.0. The maximum atomic E-state index is 11.9. The number of hydrogen-bond acceptors (Lipinski definition) is 4. The first-order chi connectivity index (χ1) is 11.4. The van der Waals surface area contributed by atoms with Gasteiger partial charge in [-0.2, -0.15) is 5.10 Å². The third-order valence-electron chi connectivity index (χ3n) is 4.12. The number of hydrogen-bond donors (Lipinski definition) is 3. The number of fused-ring (bicyclic) bond motifs is 1. The number of nitrogens with one attached hydrogen (secondary N) is 3. The molecule has 0 aliphatic carbocycles. The van der Waals surface area contributed by atoms with Crippen molar-refractivity contribution in [3.63, 3.8) is 0 Å². The standard InChI is InChI=1S/C16H29N7O.HI/c1-6-18-15(19-10-16(3,4)14(24)17-5)21-12-7-8-13-20-11(2)22-23(13)9-12;/h12H,6-10H2,1-5H3,(H,17,24)(H2,18,19,21);1H. The van der Waals surface area contributed by atoms with E-state index in [1.54, 1.807) is 7.05 Å². The quantitative estimate of drug-likeness (QED) is 0.342. The van der Waals surface area contributed by atoms with Gasteiger partial charge in [0.25, 0.3) is 0 Å². The number of aryl methyl sites for hydroxylation is 2. The van der Waals surface area contributed by atoms with Gasteiger partial charge in [-0.15, -0.1) is 24.0 Å². The third-order valence-corrected chi connectivity index (χ3v) is 4.12. The number of aromatic nitrogens is 3. The van der Waals surface area contributed by atoms with Crippen molar-refractivity contribution in [2.75, 3.05) is 20.1 Å². The Balaban J connectivity index is 0.00000312. The predicted molar refractivity (Wildman–Crippen MR) is 109 cm³/mol. The molecule has 9 heteroatoms. The molecule has 0 radical (unpaired) electrons. The molecule has 1 aliphatic heterocycles. The highest BCUT2D eigenvalue weighted by molar-refractivity contribution is 14.0. The lowest BCUT2D eigenvalue weighted by molar-refractivity contribution is -0.128. The van der Waals surface area contributed by atoms with Gasteiger partial charge in [0, 0.05) is 26.1 Å². The highest BCUT2D eigenvalue weighted by atomic mass is 127. The van der Waals surface area contributed by atoms with Crippen molar-refractivity contribution in [3.05, 3.63) is 11.6 Å². The molecule has 2 rings (SSSR count). The normalized spacial score (nSPS) is 17.3. The first-order valence-corrected chi connectivity index (χ1v) is 8.53. The Morgan fingerprint density at radius 2 is 2.16 bits per heavy atom. The predicted octanol–water partition coefficient (Wildman–Crippen LogP) is 0.847. The van der Waals surface area contributed by atoms with E-state index in [2.05, 4.69) is 31.0 Å². The van der Waals surface area contributed by atoms with Crippen LogP contribution in [0.3, 0.4) is 0 Å². The summed E-state index contributed by atoms with van der Waals surface area (Å²) in [5.41, 5.74) is -0.542. The minimum atomic E-state index is -0.542. The fraction of sp³-hybridized carbons (Fsp3) is 0.750. The fourth-order valence-electron chi connectivity index (χ4n) is 2.75. The molecule has 8 nitrogen and oxygen atoms in total. The molecule has 1 aromatic rings. The van der Waals surface area contributed by atoms with Crippen molar-refractivity contribution in [2.45, 2.75) is 53.1 Å². The van der Waals surface area contributed by atoms with Crippen LogP contribution in [-0.4, -0.2) is 52.8 Å². The summed E-state index contributed by atoms with van der Waals surface area (Å²) in [5, 5.41) is 13.8. The van der Waals surface area contributed by atoms with Gasteiger partial charge in [0.2, 0.25) is 5.91 Å². The van der Waals surface area contributed by atoms with Crippen molar-refractivity contribution in [3.8, 4) is 0 Å². The molecule has 25 heavy (non-hydrogen) atoms. The van der Waals surface area contributed by atoms with Gasteiger partial charge in [0.15, 0.2) is 5.96 Å². The summed E-state index contributed by atoms with van der Waals surface area (Å²) in [4.78, 5) is 20.9. The Kier molecular flexibility index (Phi) is 8.10. The van der Waals surface area contributed by atoms with Gasteiger partial charge in [-0.3, -0.25) is 9.79 Å². The highest BCUT2D eigenvalue weighted by Gasteiger charge is 2.27. The van der Waals surface area contributed by atoms with Gasteiger partial charge >= 0.3 is 0 Å². The smallest absolute Gasteiger partial charge is 0.227 e. The Bertz CT molecular complexity index is 612. The number of halogens is 1. The van der Waals surface area contributed by atoms with Crippen LogP contribution in [0.4, 0.5) is 0 Å². The molecule has 0 bridgehead atoms. The van der Waals surface area contributed by atoms with Crippen LogP contribution in [0.1, 0.15) is 38.8 Å². The van der Waals surface area contributed by atoms with Gasteiger partial charge in [-0.25, -0.2) is 9.67 Å². The molecule has 1 aliphatic rings. The molecule has 0 fully saturated rings. The van der Waals surface area contributed by atoms with E-state index in [1.165, 1.54) is 0 Å². The summed E-state index contributed by atoms with van der Waals surface area (Å²) < 4.78 is 1.97. The van der Waals surface area contributed by atoms with E-state index in [4.69, 9.17) is 0 Å². The molecule has 142 valence electrons. The maximum Gasteiger partial charge on any atom is 0.227 e. The van der Waals surface area contributed by atoms with E-state index in [-0.39, 0.29) is 35.9 Å². The van der Waals surface area contributed by atoms with E-state index in [9.17, 15) is 4.79 Å². The number of carbonyl (C=O) groups is 1. The number of rotatable bonds is 5. The van der Waals surface area contributed by atoms with Crippen LogP contribution in [0, 0.1) is 12.3 Å². The van der Waals surface area contributed by atoms with Crippen LogP contribution in [0.15, 0.2) is 4.99 Å². The number of guanidine groups is 1. The van der Waals surface area contributed by atoms with Crippen LogP contribution < -0.4 is 16.0 Å². The summed E-state index contributed by atoms with van der Waals surface area (Å²) in [6.45, 7) is 9.70. The Morgan fingerprint density at radius 1 is 1.44 bits per heavy atom. The summed E-state index contributed by atoms with van der Waals surface area (Å²) >= 11 is 0. The fourth-order valence-corrected chi connectivity index (χ4v) is 2.75. The zero-order valence-electron chi connectivity index (χ0n) is 15.7. The average molecular weight is 463 g/mol. The second-order valence-electron chi connectivity index (χ2n) is 6.80. The van der Waals surface area contributed by atoms with Gasteiger partial charge in [-0.1, -0.05) is 0 Å². The molecule has 0 saturated carbocycles. The SMILES string of the molecule is CCNC(=NCC(C)(C)C(=O)NC)NC1CCc2nc(C)nn2C1.I. The van der Waals surface area contributed by atoms with Crippen molar-refractivity contribution in [2.24, 2.45) is 10.4 Å². The topological polar surface area (TPSA) is 96.2 Å². The van der Waals surface area contributed by atoms with Crippen LogP contribution in [-0.2, 0) is 17.8 Å². The monoisotopic (exact) mass is 463 g/mol. The van der Waals surface area contributed by atoms with Crippen LogP contribution in [0.2, 0.25) is 0 Å². The van der Waals surface area contributed by atoms with Gasteiger partial charge in [0.05, 0.1) is 18.5 Å². The summed E-state index contributed by atoms with van der Waals surface area (Å²) in [7, 11) is 1.65. The maximum absolute atomic E-state index is 11.9. The second kappa shape index (κ2) is 9.35. The van der Waals surface area contributed by atoms with Crippen molar-refractivity contribution < 1.29 is 4.79 Å². The van der Waals surface area contributed by atoms with E-state index in [0.29, 0.717) is 6.54 Å². The molecule has 1 unspecified atom stereocenters. The van der Waals surface area contributed by atoms with Crippen molar-refractivity contribution in [1.82, 2.24) is 30.7 Å². The third kappa shape index (κ3) is 5.82. The van der Waals surface area contributed by atoms with Crippen LogP contribution >= 0.6 is 24.0 Å². The first kappa shape index (κ1) is 21.7. The number of carbonyl (C=O) groups excluding carboxylic acids is 1. The van der Waals surface area contributed by atoms with Crippen molar-refractivity contribution in [1.29, 1.82) is 0 Å². The van der Waals surface area contributed by atoms with Crippen molar-refractivity contribution >= 4 is 35.8 Å². The first-order valence-electron chi connectivity index (χ1n) is 8.53. The molecule has 2 heterocycles. The highest BCUT2D eigenvalue weighted by Crippen LogP contribution is 2.16. The number of nitrogens with zero attached hydrogens (tertiary/aromatic N) is 4. The minimum absolute atomic E-state index is 0. The van der Waals surface area contributed by atoms with E-state index in [1.807, 2.05) is 32.4 Å². The minimum Gasteiger partial charge on any atom is -0.359 e. The summed E-state index contributed by atoms with van der Waals surface area (Å²) in [6.07, 6.45) is 1.89. The summed E-state index contributed by atoms with van der Waals surface area (Å²) in [5.74, 6) is 2.59. The van der Waals surface area contributed by atoms with E-state index in [0.717, 1.165) is 43.5 Å². The average Bonchev–Trinajstić information content (AvgIpc) is 2.91.